The zero-order chi connectivity index (χ0) is 15.3. The van der Waals surface area contributed by atoms with Crippen LogP contribution in [-0.2, 0) is 9.53 Å². The molecule has 2 rings (SSSR count). The Morgan fingerprint density at radius 2 is 2.24 bits per heavy atom. The molecule has 6 heteroatoms. The summed E-state index contributed by atoms with van der Waals surface area (Å²) in [6.07, 6.45) is 0.335. The zero-order valence-electron chi connectivity index (χ0n) is 12.0. The molecule has 1 fully saturated rings. The predicted molar refractivity (Wildman–Crippen MR) is 74.5 cm³/mol. The van der Waals surface area contributed by atoms with E-state index in [0.717, 1.165) is 0 Å². The van der Waals surface area contributed by atoms with Crippen molar-refractivity contribution in [2.75, 3.05) is 19.8 Å². The van der Waals surface area contributed by atoms with Gasteiger partial charge in [-0.3, -0.25) is 4.79 Å². The fraction of sp³-hybridized carbons (Fsp3) is 0.533. The topological polar surface area (TPSA) is 67.8 Å². The largest absolute Gasteiger partial charge is 0.481 e. The number of hydrogen-bond acceptors (Lipinski definition) is 4. The van der Waals surface area contributed by atoms with E-state index in [1.807, 2.05) is 0 Å². The van der Waals surface area contributed by atoms with Crippen LogP contribution in [0.25, 0.3) is 0 Å². The van der Waals surface area contributed by atoms with E-state index in [1.165, 1.54) is 18.2 Å². The molecule has 21 heavy (non-hydrogen) atoms. The summed E-state index contributed by atoms with van der Waals surface area (Å²) in [7, 11) is 0. The number of aliphatic hydroxyl groups is 1. The molecule has 1 amide bonds. The smallest absolute Gasteiger partial charge is 0.261 e. The maximum atomic E-state index is 13.1. The molecular weight excluding hydrogens is 277 g/mol. The first-order valence-corrected chi connectivity index (χ1v) is 6.97. The summed E-state index contributed by atoms with van der Waals surface area (Å²) in [5.41, 5.74) is -0.658. The van der Waals surface area contributed by atoms with Crippen LogP contribution in [0.5, 0.6) is 5.75 Å². The van der Waals surface area contributed by atoms with Crippen LogP contribution in [0.4, 0.5) is 4.39 Å². The van der Waals surface area contributed by atoms with E-state index < -0.39 is 17.5 Å². The van der Waals surface area contributed by atoms with Crippen molar-refractivity contribution in [3.63, 3.8) is 0 Å². The number of carbonyl (C=O) groups is 1. The number of hydrogen-bond donors (Lipinski definition) is 2. The summed E-state index contributed by atoms with van der Waals surface area (Å²) in [5, 5.41) is 12.4. The maximum absolute atomic E-state index is 13.1. The Hall–Kier alpha value is -1.66. The average Bonchev–Trinajstić information content (AvgIpc) is 2.48. The normalized spacial score (nSPS) is 18.8. The third kappa shape index (κ3) is 4.15. The molecule has 5 nitrogen and oxygen atoms in total. The zero-order valence-corrected chi connectivity index (χ0v) is 12.0. The third-order valence-corrected chi connectivity index (χ3v) is 3.62. The average molecular weight is 297 g/mol. The van der Waals surface area contributed by atoms with Crippen molar-refractivity contribution >= 4 is 5.91 Å². The van der Waals surface area contributed by atoms with Gasteiger partial charge in [0.1, 0.15) is 11.6 Å². The molecule has 2 N–H and O–H groups in total. The van der Waals surface area contributed by atoms with Crippen molar-refractivity contribution in [3.05, 3.63) is 30.1 Å². The van der Waals surface area contributed by atoms with Crippen LogP contribution in [0.1, 0.15) is 19.8 Å². The Balaban J connectivity index is 1.95. The Bertz CT molecular complexity index is 488. The van der Waals surface area contributed by atoms with E-state index in [1.54, 1.807) is 13.0 Å². The van der Waals surface area contributed by atoms with Crippen LogP contribution in [0.2, 0.25) is 0 Å². The van der Waals surface area contributed by atoms with Gasteiger partial charge in [-0.25, -0.2) is 4.39 Å². The van der Waals surface area contributed by atoms with Gasteiger partial charge in [-0.1, -0.05) is 6.07 Å². The Labute approximate surface area is 123 Å². The first-order valence-electron chi connectivity index (χ1n) is 6.97. The second-order valence-corrected chi connectivity index (χ2v) is 5.26. The number of halogens is 1. The van der Waals surface area contributed by atoms with Gasteiger partial charge >= 0.3 is 0 Å². The number of ether oxygens (including phenoxy) is 2. The van der Waals surface area contributed by atoms with Gasteiger partial charge in [-0.05, 0) is 31.9 Å². The molecule has 1 aliphatic heterocycles. The van der Waals surface area contributed by atoms with Crippen LogP contribution in [0, 0.1) is 5.82 Å². The van der Waals surface area contributed by atoms with E-state index in [9.17, 15) is 14.3 Å². The molecule has 0 saturated carbocycles. The van der Waals surface area contributed by atoms with Crippen molar-refractivity contribution in [1.82, 2.24) is 5.32 Å². The summed E-state index contributed by atoms with van der Waals surface area (Å²) in [6.45, 7) is 2.44. The fourth-order valence-electron chi connectivity index (χ4n) is 2.25. The molecule has 0 bridgehead atoms. The molecule has 0 aromatic heterocycles. The van der Waals surface area contributed by atoms with Gasteiger partial charge < -0.3 is 19.9 Å². The fourth-order valence-corrected chi connectivity index (χ4v) is 2.25. The molecular formula is C15H20FNO4. The van der Waals surface area contributed by atoms with Gasteiger partial charge in [-0.2, -0.15) is 0 Å². The SMILES string of the molecule is CC(Oc1cccc(F)c1)C(=O)NC1(CO)CCOCC1. The summed E-state index contributed by atoms with van der Waals surface area (Å²) in [5.74, 6) is -0.464. The predicted octanol–water partition coefficient (Wildman–Crippen LogP) is 1.25. The Morgan fingerprint density at radius 1 is 1.52 bits per heavy atom. The highest BCUT2D eigenvalue weighted by molar-refractivity contribution is 5.81. The Morgan fingerprint density at radius 3 is 2.86 bits per heavy atom. The molecule has 0 spiro atoms. The lowest BCUT2D eigenvalue weighted by molar-refractivity contribution is -0.131. The molecule has 0 aliphatic carbocycles. The second-order valence-electron chi connectivity index (χ2n) is 5.26. The first kappa shape index (κ1) is 15.7. The van der Waals surface area contributed by atoms with Gasteiger partial charge in [0.15, 0.2) is 6.10 Å². The van der Waals surface area contributed by atoms with Gasteiger partial charge in [-0.15, -0.1) is 0 Å². The molecule has 1 saturated heterocycles. The van der Waals surface area contributed by atoms with Crippen LogP contribution in [-0.4, -0.2) is 42.5 Å². The van der Waals surface area contributed by atoms with E-state index >= 15 is 0 Å². The molecule has 116 valence electrons. The van der Waals surface area contributed by atoms with E-state index in [-0.39, 0.29) is 12.5 Å². The highest BCUT2D eigenvalue weighted by Gasteiger charge is 2.35. The number of aliphatic hydroxyl groups excluding tert-OH is 1. The summed E-state index contributed by atoms with van der Waals surface area (Å²) in [4.78, 5) is 12.2. The van der Waals surface area contributed by atoms with Crippen molar-refractivity contribution < 1.29 is 23.8 Å². The number of carbonyl (C=O) groups excluding carboxylic acids is 1. The minimum Gasteiger partial charge on any atom is -0.481 e. The lowest BCUT2D eigenvalue weighted by atomic mass is 9.91. The van der Waals surface area contributed by atoms with Gasteiger partial charge in [0.25, 0.3) is 5.91 Å². The number of rotatable bonds is 5. The van der Waals surface area contributed by atoms with E-state index in [2.05, 4.69) is 5.32 Å². The third-order valence-electron chi connectivity index (χ3n) is 3.62. The van der Waals surface area contributed by atoms with E-state index in [0.29, 0.717) is 31.8 Å². The molecule has 1 heterocycles. The monoisotopic (exact) mass is 297 g/mol. The number of nitrogens with one attached hydrogen (secondary N) is 1. The second kappa shape index (κ2) is 6.87. The van der Waals surface area contributed by atoms with Crippen LogP contribution in [0.15, 0.2) is 24.3 Å². The highest BCUT2D eigenvalue weighted by Crippen LogP contribution is 2.21. The van der Waals surface area contributed by atoms with Crippen molar-refractivity contribution in [3.8, 4) is 5.75 Å². The van der Waals surface area contributed by atoms with Gasteiger partial charge in [0.05, 0.1) is 12.1 Å². The summed E-state index contributed by atoms with van der Waals surface area (Å²) >= 11 is 0. The van der Waals surface area contributed by atoms with Crippen LogP contribution in [0.3, 0.4) is 0 Å². The lowest BCUT2D eigenvalue weighted by Gasteiger charge is -2.37. The summed E-state index contributed by atoms with van der Waals surface area (Å²) < 4.78 is 23.7. The highest BCUT2D eigenvalue weighted by atomic mass is 19.1. The maximum Gasteiger partial charge on any atom is 0.261 e. The number of amides is 1. The first-order chi connectivity index (χ1) is 10.0. The summed E-state index contributed by atoms with van der Waals surface area (Å²) in [6, 6.07) is 5.63. The minimum absolute atomic E-state index is 0.144. The lowest BCUT2D eigenvalue weighted by Crippen LogP contribution is -2.57. The van der Waals surface area contributed by atoms with Crippen LogP contribution < -0.4 is 10.1 Å². The Kier molecular flexibility index (Phi) is 5.14. The molecule has 1 aromatic rings. The molecule has 1 aromatic carbocycles. The van der Waals surface area contributed by atoms with Crippen molar-refractivity contribution in [1.29, 1.82) is 0 Å². The standard InChI is InChI=1S/C15H20FNO4/c1-11(21-13-4-2-3-12(16)9-13)14(19)17-15(10-18)5-7-20-8-6-15/h2-4,9,11,18H,5-8,10H2,1H3,(H,17,19). The van der Waals surface area contributed by atoms with E-state index in [4.69, 9.17) is 9.47 Å². The van der Waals surface area contributed by atoms with Crippen molar-refractivity contribution in [2.45, 2.75) is 31.4 Å². The quantitative estimate of drug-likeness (QED) is 0.858. The molecule has 1 atom stereocenters. The molecule has 0 radical (unpaired) electrons. The number of benzene rings is 1. The van der Waals surface area contributed by atoms with Crippen LogP contribution >= 0.6 is 0 Å². The van der Waals surface area contributed by atoms with Gasteiger partial charge in [0.2, 0.25) is 0 Å². The van der Waals surface area contributed by atoms with Gasteiger partial charge in [0, 0.05) is 19.3 Å². The minimum atomic E-state index is -0.780. The molecule has 1 aliphatic rings. The molecule has 1 unspecified atom stereocenters. The van der Waals surface area contributed by atoms with Crippen molar-refractivity contribution in [2.24, 2.45) is 0 Å².